The molecule has 0 aliphatic heterocycles. The van der Waals surface area contributed by atoms with Crippen molar-refractivity contribution in [3.05, 3.63) is 35.4 Å². The monoisotopic (exact) mass is 816 g/mol. The van der Waals surface area contributed by atoms with Crippen LogP contribution in [-0.4, -0.2) is 67.8 Å². The van der Waals surface area contributed by atoms with Crippen LogP contribution in [0.15, 0.2) is 24.3 Å². The minimum absolute atomic E-state index is 0.0129. The van der Waals surface area contributed by atoms with E-state index < -0.39 is 6.04 Å². The van der Waals surface area contributed by atoms with Crippen molar-refractivity contribution in [2.24, 2.45) is 5.73 Å². The van der Waals surface area contributed by atoms with Gasteiger partial charge in [0, 0.05) is 18.8 Å². The van der Waals surface area contributed by atoms with Gasteiger partial charge < -0.3 is 30.7 Å². The number of carbonyl (C=O) groups excluding carboxylic acids is 1. The molecule has 1 amide bonds. The number of amides is 1. The van der Waals surface area contributed by atoms with E-state index in [0.29, 0.717) is 30.9 Å². The van der Waals surface area contributed by atoms with Crippen LogP contribution in [0.4, 0.5) is 0 Å². The molecule has 0 bridgehead atoms. The Balaban J connectivity index is 0.00000119. The summed E-state index contributed by atoms with van der Waals surface area (Å²) in [7, 11) is 0. The Labute approximate surface area is 358 Å². The summed E-state index contributed by atoms with van der Waals surface area (Å²) in [6.07, 6.45) is 43.7. The Morgan fingerprint density at radius 3 is 1.29 bits per heavy atom. The van der Waals surface area contributed by atoms with Gasteiger partial charge in [0.15, 0.2) is 0 Å². The van der Waals surface area contributed by atoms with Crippen LogP contribution in [0.25, 0.3) is 0 Å². The van der Waals surface area contributed by atoms with Crippen LogP contribution in [0.5, 0.6) is 0 Å². The third-order valence-corrected chi connectivity index (χ3v) is 11.0. The molecule has 0 heterocycles. The van der Waals surface area contributed by atoms with Crippen molar-refractivity contribution in [1.82, 2.24) is 5.32 Å². The number of nitrogens with zero attached hydrogens (tertiary/aromatic N) is 1. The maximum absolute atomic E-state index is 12.3. The molecular weight excluding hydrogens is 723 g/mol. The van der Waals surface area contributed by atoms with Crippen LogP contribution >= 0.6 is 0 Å². The number of aliphatic hydroxyl groups excluding tert-OH is 2. The molecule has 1 aromatic carbocycles. The van der Waals surface area contributed by atoms with Gasteiger partial charge in [-0.2, -0.15) is 5.26 Å². The second kappa shape index (κ2) is 46.1. The quantitative estimate of drug-likeness (QED) is 0.0482. The van der Waals surface area contributed by atoms with Gasteiger partial charge in [0.2, 0.25) is 0 Å². The van der Waals surface area contributed by atoms with Crippen molar-refractivity contribution in [2.45, 2.75) is 231 Å². The molecule has 5 N–H and O–H groups in total. The van der Waals surface area contributed by atoms with E-state index in [0.717, 1.165) is 25.9 Å². The maximum Gasteiger partial charge on any atom is 0.251 e. The van der Waals surface area contributed by atoms with E-state index in [9.17, 15) is 9.90 Å². The fraction of sp³-hybridized carbons (Fsp3) is 0.840. The molecule has 58 heavy (non-hydrogen) atoms. The molecule has 0 fully saturated rings. The zero-order valence-electron chi connectivity index (χ0n) is 38.0. The Morgan fingerprint density at radius 2 is 0.948 bits per heavy atom. The van der Waals surface area contributed by atoms with Gasteiger partial charge in [-0.1, -0.05) is 213 Å². The highest BCUT2D eigenvalue weighted by Gasteiger charge is 2.13. The summed E-state index contributed by atoms with van der Waals surface area (Å²) in [5.41, 5.74) is 6.42. The van der Waals surface area contributed by atoms with Crippen molar-refractivity contribution < 1.29 is 24.5 Å². The molecule has 0 radical (unpaired) electrons. The van der Waals surface area contributed by atoms with Crippen molar-refractivity contribution in [3.8, 4) is 6.07 Å². The number of unbranched alkanes of at least 4 members (excludes halogenated alkanes) is 30. The fourth-order valence-corrected chi connectivity index (χ4v) is 7.16. The highest BCUT2D eigenvalue weighted by molar-refractivity contribution is 5.94. The minimum atomic E-state index is -0.445. The first-order valence-electron chi connectivity index (χ1n) is 24.5. The van der Waals surface area contributed by atoms with Gasteiger partial charge in [-0.05, 0) is 31.0 Å². The Kier molecular flexibility index (Phi) is 44.4. The number of nitriles is 1. The average molecular weight is 816 g/mol. The lowest BCUT2D eigenvalue weighted by Crippen LogP contribution is -2.41. The summed E-state index contributed by atoms with van der Waals surface area (Å²) in [6.45, 7) is 6.60. The van der Waals surface area contributed by atoms with E-state index in [2.05, 4.69) is 19.2 Å². The second-order valence-corrected chi connectivity index (χ2v) is 16.7. The van der Waals surface area contributed by atoms with Gasteiger partial charge in [-0.25, -0.2) is 0 Å². The van der Waals surface area contributed by atoms with Crippen LogP contribution in [0.3, 0.4) is 0 Å². The number of nitrogens with two attached hydrogens (primary N) is 1. The summed E-state index contributed by atoms with van der Waals surface area (Å²) in [6, 6.07) is 7.89. The number of ether oxygens (including phenoxy) is 2. The lowest BCUT2D eigenvalue weighted by molar-refractivity contribution is 0.0718. The predicted molar refractivity (Wildman–Crippen MR) is 245 cm³/mol. The Bertz CT molecular complexity index is 1030. The summed E-state index contributed by atoms with van der Waals surface area (Å²) in [5.74, 6) is -0.304. The number of benzene rings is 1. The standard InChI is InChI=1S/C29H48N2O3.C21H45NO2/c1-2-3-4-5-6-7-8-9-10-11-12-13-14-15-16-17-21-34-25-28(24-32)31-29(33)27-20-18-19-26(22-27)23-30;1-2-3-4-5-6-7-8-9-10-11-12-13-14-15-16-17-18-24-20-21(22)19-23/h18-20,22,28,32H,2-17,21,24-25H2,1H3,(H,31,33);21,23H,2-20,22H2,1H3/t28-;21-/m00/s1. The van der Waals surface area contributed by atoms with Crippen molar-refractivity contribution in [3.63, 3.8) is 0 Å². The van der Waals surface area contributed by atoms with E-state index in [4.69, 9.17) is 25.6 Å². The van der Waals surface area contributed by atoms with Crippen LogP contribution in [0, 0.1) is 11.3 Å². The van der Waals surface area contributed by atoms with Crippen molar-refractivity contribution in [1.29, 1.82) is 5.26 Å². The molecule has 0 aliphatic rings. The summed E-state index contributed by atoms with van der Waals surface area (Å²) in [5, 5.41) is 30.0. The highest BCUT2D eigenvalue weighted by Crippen LogP contribution is 2.15. The van der Waals surface area contributed by atoms with Gasteiger partial charge in [-0.15, -0.1) is 0 Å². The zero-order chi connectivity index (χ0) is 42.4. The lowest BCUT2D eigenvalue weighted by Gasteiger charge is -2.16. The Morgan fingerprint density at radius 1 is 0.586 bits per heavy atom. The predicted octanol–water partition coefficient (Wildman–Crippen LogP) is 12.5. The molecule has 2 atom stereocenters. The zero-order valence-corrected chi connectivity index (χ0v) is 38.0. The molecule has 0 unspecified atom stereocenters. The minimum Gasteiger partial charge on any atom is -0.395 e. The first-order valence-corrected chi connectivity index (χ1v) is 24.5. The van der Waals surface area contributed by atoms with E-state index >= 15 is 0 Å². The van der Waals surface area contributed by atoms with Crippen molar-refractivity contribution in [2.75, 3.05) is 39.6 Å². The van der Waals surface area contributed by atoms with Crippen LogP contribution < -0.4 is 11.1 Å². The first kappa shape index (κ1) is 56.0. The van der Waals surface area contributed by atoms with Crippen LogP contribution in [-0.2, 0) is 9.47 Å². The number of hydrogen-bond donors (Lipinski definition) is 4. The van der Waals surface area contributed by atoms with Crippen molar-refractivity contribution >= 4 is 5.91 Å². The molecule has 1 rings (SSSR count). The van der Waals surface area contributed by atoms with E-state index in [1.807, 2.05) is 6.07 Å². The van der Waals surface area contributed by atoms with Crippen LogP contribution in [0.1, 0.15) is 235 Å². The Hall–Kier alpha value is -2.02. The maximum atomic E-state index is 12.3. The first-order chi connectivity index (χ1) is 28.5. The molecule has 0 aromatic heterocycles. The van der Waals surface area contributed by atoms with Gasteiger partial charge >= 0.3 is 0 Å². The highest BCUT2D eigenvalue weighted by atomic mass is 16.5. The molecular formula is C50H93N3O5. The molecule has 8 heteroatoms. The fourth-order valence-electron chi connectivity index (χ4n) is 7.16. The smallest absolute Gasteiger partial charge is 0.251 e. The van der Waals surface area contributed by atoms with Gasteiger partial charge in [-0.3, -0.25) is 4.79 Å². The third kappa shape index (κ3) is 39.4. The molecule has 338 valence electrons. The van der Waals surface area contributed by atoms with Gasteiger partial charge in [0.25, 0.3) is 5.91 Å². The van der Waals surface area contributed by atoms with Gasteiger partial charge in [0.1, 0.15) is 0 Å². The number of aliphatic hydroxyl groups is 2. The molecule has 0 saturated heterocycles. The van der Waals surface area contributed by atoms with Gasteiger partial charge in [0.05, 0.1) is 50.1 Å². The molecule has 1 aromatic rings. The molecule has 0 spiro atoms. The number of rotatable bonds is 42. The third-order valence-electron chi connectivity index (χ3n) is 11.0. The summed E-state index contributed by atoms with van der Waals surface area (Å²) < 4.78 is 11.1. The number of carbonyl (C=O) groups is 1. The van der Waals surface area contributed by atoms with E-state index in [-0.39, 0.29) is 25.2 Å². The lowest BCUT2D eigenvalue weighted by atomic mass is 10.0. The molecule has 0 saturated carbocycles. The average Bonchev–Trinajstić information content (AvgIpc) is 3.25. The summed E-state index contributed by atoms with van der Waals surface area (Å²) in [4.78, 5) is 12.3. The summed E-state index contributed by atoms with van der Waals surface area (Å²) >= 11 is 0. The second-order valence-electron chi connectivity index (χ2n) is 16.7. The van der Waals surface area contributed by atoms with Crippen LogP contribution in [0.2, 0.25) is 0 Å². The number of hydrogen-bond acceptors (Lipinski definition) is 7. The SMILES string of the molecule is CCCCCCCCCCCCCCCCCCOC[C@@H](N)CO.CCCCCCCCCCCCCCCCCCOC[C@H](CO)NC(=O)c1cccc(C#N)c1. The number of nitrogens with one attached hydrogen (secondary N) is 1. The molecule has 0 aliphatic carbocycles. The largest absolute Gasteiger partial charge is 0.395 e. The topological polar surface area (TPSA) is 138 Å². The molecule has 8 nitrogen and oxygen atoms in total. The van der Waals surface area contributed by atoms with E-state index in [1.165, 1.54) is 186 Å². The van der Waals surface area contributed by atoms with E-state index in [1.54, 1.807) is 24.3 Å². The normalized spacial score (nSPS) is 12.1.